The number of carboxylic acids is 1. The van der Waals surface area contributed by atoms with E-state index in [4.69, 9.17) is 5.11 Å². The Kier molecular flexibility index (Phi) is 6.90. The maximum atomic E-state index is 14.0. The SMILES string of the molecule is O=C(O)CNc1ccc(C=C2Sc3cc(S(=O)(=O)Cc4c(F)cccc4F)ccc3NC2=O)cc1. The molecule has 7 nitrogen and oxygen atoms in total. The number of aliphatic carboxylic acids is 1. The Morgan fingerprint density at radius 1 is 1.06 bits per heavy atom. The lowest BCUT2D eigenvalue weighted by atomic mass is 10.2. The van der Waals surface area contributed by atoms with Crippen LogP contribution in [0.4, 0.5) is 20.2 Å². The number of sulfone groups is 1. The fraction of sp³-hybridized carbons (Fsp3) is 0.0833. The molecule has 0 atom stereocenters. The predicted molar refractivity (Wildman–Crippen MR) is 129 cm³/mol. The number of nitrogens with one attached hydrogen (secondary N) is 2. The predicted octanol–water partition coefficient (Wildman–Crippen LogP) is 4.52. The van der Waals surface area contributed by atoms with Crippen molar-refractivity contribution >= 4 is 50.9 Å². The second-order valence-electron chi connectivity index (χ2n) is 7.55. The van der Waals surface area contributed by atoms with Crippen LogP contribution in [-0.2, 0) is 25.2 Å². The van der Waals surface area contributed by atoms with Gasteiger partial charge in [-0.25, -0.2) is 17.2 Å². The normalized spacial score (nSPS) is 14.3. The van der Waals surface area contributed by atoms with Crippen molar-refractivity contribution in [3.05, 3.63) is 88.3 Å². The van der Waals surface area contributed by atoms with Crippen LogP contribution in [0.5, 0.6) is 0 Å². The molecule has 0 spiro atoms. The molecule has 180 valence electrons. The van der Waals surface area contributed by atoms with E-state index in [1.54, 1.807) is 30.3 Å². The number of amides is 1. The van der Waals surface area contributed by atoms with Crippen LogP contribution in [0, 0.1) is 11.6 Å². The fourth-order valence-corrected chi connectivity index (χ4v) is 5.76. The maximum Gasteiger partial charge on any atom is 0.322 e. The summed E-state index contributed by atoms with van der Waals surface area (Å²) >= 11 is 1.06. The maximum absolute atomic E-state index is 14.0. The molecule has 11 heteroatoms. The van der Waals surface area contributed by atoms with Crippen LogP contribution in [-0.4, -0.2) is 31.9 Å². The lowest BCUT2D eigenvalue weighted by Gasteiger charge is -2.19. The van der Waals surface area contributed by atoms with E-state index in [1.165, 1.54) is 18.2 Å². The number of hydrogen-bond donors (Lipinski definition) is 3. The van der Waals surface area contributed by atoms with Crippen LogP contribution in [0.1, 0.15) is 11.1 Å². The van der Waals surface area contributed by atoms with E-state index in [-0.39, 0.29) is 17.3 Å². The number of rotatable bonds is 7. The topological polar surface area (TPSA) is 113 Å². The number of halogens is 2. The molecule has 0 aromatic heterocycles. The molecule has 35 heavy (non-hydrogen) atoms. The minimum atomic E-state index is -4.07. The van der Waals surface area contributed by atoms with Gasteiger partial charge < -0.3 is 15.7 Å². The summed E-state index contributed by atoms with van der Waals surface area (Å²) in [5.41, 5.74) is 1.15. The lowest BCUT2D eigenvalue weighted by molar-refractivity contribution is -0.135. The van der Waals surface area contributed by atoms with Gasteiger partial charge in [0.15, 0.2) is 9.84 Å². The Hall–Kier alpha value is -3.70. The van der Waals surface area contributed by atoms with Crippen LogP contribution < -0.4 is 10.6 Å². The van der Waals surface area contributed by atoms with Crippen molar-refractivity contribution in [3.63, 3.8) is 0 Å². The third-order valence-corrected chi connectivity index (χ3v) is 7.77. The average molecular weight is 517 g/mol. The number of benzene rings is 3. The highest BCUT2D eigenvalue weighted by Gasteiger charge is 2.25. The zero-order chi connectivity index (χ0) is 25.2. The van der Waals surface area contributed by atoms with Gasteiger partial charge in [0.05, 0.1) is 21.2 Å². The third-order valence-electron chi connectivity index (χ3n) is 5.05. The first-order valence-electron chi connectivity index (χ1n) is 10.2. The van der Waals surface area contributed by atoms with E-state index >= 15 is 0 Å². The molecular weight excluding hydrogens is 498 g/mol. The minimum Gasteiger partial charge on any atom is -0.480 e. The summed E-state index contributed by atoms with van der Waals surface area (Å²) in [6.45, 7) is -0.232. The number of carbonyl (C=O) groups excluding carboxylic acids is 1. The van der Waals surface area contributed by atoms with Crippen LogP contribution in [0.3, 0.4) is 0 Å². The van der Waals surface area contributed by atoms with Gasteiger partial charge in [-0.3, -0.25) is 9.59 Å². The van der Waals surface area contributed by atoms with Gasteiger partial charge in [0.25, 0.3) is 5.91 Å². The number of fused-ring (bicyclic) bond motifs is 1. The summed E-state index contributed by atoms with van der Waals surface area (Å²) in [6, 6.07) is 14.0. The molecule has 1 aliphatic heterocycles. The Morgan fingerprint density at radius 2 is 1.74 bits per heavy atom. The number of thioether (sulfide) groups is 1. The zero-order valence-corrected chi connectivity index (χ0v) is 19.6. The highest BCUT2D eigenvalue weighted by Crippen LogP contribution is 2.40. The van der Waals surface area contributed by atoms with Crippen LogP contribution >= 0.6 is 11.8 Å². The summed E-state index contributed by atoms with van der Waals surface area (Å²) in [5, 5.41) is 14.2. The monoisotopic (exact) mass is 516 g/mol. The molecule has 1 amide bonds. The highest BCUT2D eigenvalue weighted by molar-refractivity contribution is 8.04. The van der Waals surface area contributed by atoms with Crippen molar-refractivity contribution in [1.29, 1.82) is 0 Å². The Bertz CT molecular complexity index is 1430. The first kappa shape index (κ1) is 24.4. The summed E-state index contributed by atoms with van der Waals surface area (Å²) in [7, 11) is -4.07. The van der Waals surface area contributed by atoms with E-state index in [9.17, 15) is 26.8 Å². The molecule has 3 aromatic rings. The number of hydrogen-bond acceptors (Lipinski definition) is 6. The van der Waals surface area contributed by atoms with Crippen molar-refractivity contribution < 1.29 is 31.9 Å². The average Bonchev–Trinajstić information content (AvgIpc) is 2.81. The number of anilines is 2. The van der Waals surface area contributed by atoms with Gasteiger partial charge in [-0.05, 0) is 54.1 Å². The van der Waals surface area contributed by atoms with E-state index in [0.29, 0.717) is 26.7 Å². The third kappa shape index (κ3) is 5.69. The van der Waals surface area contributed by atoms with Gasteiger partial charge in [0.1, 0.15) is 18.2 Å². The molecule has 0 saturated heterocycles. The number of carbonyl (C=O) groups is 2. The molecule has 0 saturated carbocycles. The molecule has 3 N–H and O–H groups in total. The van der Waals surface area contributed by atoms with Gasteiger partial charge in [-0.1, -0.05) is 30.0 Å². The molecule has 1 aliphatic rings. The summed E-state index contributed by atoms with van der Waals surface area (Å²) in [4.78, 5) is 23.8. The fourth-order valence-electron chi connectivity index (χ4n) is 3.30. The van der Waals surface area contributed by atoms with Gasteiger partial charge in [0.2, 0.25) is 0 Å². The highest BCUT2D eigenvalue weighted by atomic mass is 32.2. The van der Waals surface area contributed by atoms with Crippen molar-refractivity contribution in [2.24, 2.45) is 0 Å². The van der Waals surface area contributed by atoms with Crippen LogP contribution in [0.25, 0.3) is 6.08 Å². The second-order valence-corrected chi connectivity index (χ2v) is 10.6. The minimum absolute atomic E-state index is 0.129. The van der Waals surface area contributed by atoms with Crippen molar-refractivity contribution in [2.75, 3.05) is 17.2 Å². The molecule has 0 radical (unpaired) electrons. The second kappa shape index (κ2) is 9.88. The van der Waals surface area contributed by atoms with Gasteiger partial charge in [-0.15, -0.1) is 0 Å². The molecule has 1 heterocycles. The Balaban J connectivity index is 1.57. The van der Waals surface area contributed by atoms with Crippen molar-refractivity contribution in [3.8, 4) is 0 Å². The van der Waals surface area contributed by atoms with Crippen molar-refractivity contribution in [2.45, 2.75) is 15.5 Å². The first-order chi connectivity index (χ1) is 16.6. The lowest BCUT2D eigenvalue weighted by Crippen LogP contribution is -2.18. The van der Waals surface area contributed by atoms with Gasteiger partial charge in [-0.2, -0.15) is 0 Å². The summed E-state index contributed by atoms with van der Waals surface area (Å²) in [5.74, 6) is -4.10. The van der Waals surface area contributed by atoms with E-state index in [2.05, 4.69) is 10.6 Å². The first-order valence-corrected chi connectivity index (χ1v) is 12.7. The van der Waals surface area contributed by atoms with Crippen LogP contribution in [0.15, 0.2) is 75.4 Å². The van der Waals surface area contributed by atoms with Gasteiger partial charge in [0, 0.05) is 16.1 Å². The molecule has 0 fully saturated rings. The van der Waals surface area contributed by atoms with E-state index in [1.807, 2.05) is 0 Å². The number of carboxylic acid groups (broad SMARTS) is 1. The largest absolute Gasteiger partial charge is 0.480 e. The van der Waals surface area contributed by atoms with E-state index in [0.717, 1.165) is 30.0 Å². The van der Waals surface area contributed by atoms with Gasteiger partial charge >= 0.3 is 5.97 Å². The summed E-state index contributed by atoms with van der Waals surface area (Å²) in [6.07, 6.45) is 1.61. The smallest absolute Gasteiger partial charge is 0.322 e. The molecule has 3 aromatic carbocycles. The zero-order valence-electron chi connectivity index (χ0n) is 17.9. The molecule has 4 rings (SSSR count). The molecular formula is C24H18F2N2O5S2. The quantitative estimate of drug-likeness (QED) is 0.396. The van der Waals surface area contributed by atoms with Crippen LogP contribution in [0.2, 0.25) is 0 Å². The Labute approximate surface area is 203 Å². The van der Waals surface area contributed by atoms with Crippen molar-refractivity contribution in [1.82, 2.24) is 0 Å². The standard InChI is InChI=1S/C24H18F2N2O5S2/c25-18-2-1-3-19(26)17(18)13-35(32,33)16-8-9-20-21(11-16)34-22(24(31)28-20)10-14-4-6-15(7-5-14)27-12-23(29)30/h1-11,27H,12-13H2,(H,28,31)(H,29,30). The van der Waals surface area contributed by atoms with E-state index < -0.39 is 38.8 Å². The molecule has 0 aliphatic carbocycles. The Morgan fingerprint density at radius 3 is 2.40 bits per heavy atom. The molecule has 0 unspecified atom stereocenters. The molecule has 0 bridgehead atoms. The summed E-state index contributed by atoms with van der Waals surface area (Å²) < 4.78 is 53.7.